The predicted molar refractivity (Wildman–Crippen MR) is 131 cm³/mol. The molecule has 2 aromatic carbocycles. The highest BCUT2D eigenvalue weighted by Crippen LogP contribution is 2.33. The van der Waals surface area contributed by atoms with Crippen LogP contribution in [0.25, 0.3) is 16.6 Å². The number of nitrogens with zero attached hydrogens (tertiary/aromatic N) is 5. The van der Waals surface area contributed by atoms with E-state index >= 15 is 0 Å². The Morgan fingerprint density at radius 2 is 2.00 bits per heavy atom. The zero-order valence-electron chi connectivity index (χ0n) is 18.8. The quantitative estimate of drug-likeness (QED) is 0.413. The molecule has 1 amide bonds. The van der Waals surface area contributed by atoms with E-state index in [9.17, 15) is 9.18 Å². The van der Waals surface area contributed by atoms with Crippen molar-refractivity contribution in [3.05, 3.63) is 71.4 Å². The molecule has 2 aromatic heterocycles. The van der Waals surface area contributed by atoms with Crippen molar-refractivity contribution in [3.8, 4) is 0 Å². The van der Waals surface area contributed by atoms with Gasteiger partial charge >= 0.3 is 0 Å². The van der Waals surface area contributed by atoms with Gasteiger partial charge in [0.15, 0.2) is 5.82 Å². The Morgan fingerprint density at radius 1 is 1.21 bits per heavy atom. The molecule has 9 heteroatoms. The number of hydrogen-bond acceptors (Lipinski definition) is 5. The average molecular weight is 467 g/mol. The SMILES string of the molecule is Cc1cc(F)ccc1Nc1nc2cc(Cl)c(N(C)C(=O)C=CCN(C)C)cc2n2cncc12. The lowest BCUT2D eigenvalue weighted by Gasteiger charge is -2.19. The van der Waals surface area contributed by atoms with Crippen molar-refractivity contribution >= 4 is 51.3 Å². The van der Waals surface area contributed by atoms with Crippen LogP contribution < -0.4 is 10.2 Å². The Kier molecular flexibility index (Phi) is 6.31. The van der Waals surface area contributed by atoms with Crippen LogP contribution >= 0.6 is 11.6 Å². The van der Waals surface area contributed by atoms with Crippen molar-refractivity contribution in [2.75, 3.05) is 37.9 Å². The molecule has 0 saturated heterocycles. The number of rotatable bonds is 6. The number of carbonyl (C=O) groups excluding carboxylic acids is 1. The van der Waals surface area contributed by atoms with E-state index in [0.29, 0.717) is 28.6 Å². The van der Waals surface area contributed by atoms with Crippen molar-refractivity contribution in [2.24, 2.45) is 0 Å². The first-order chi connectivity index (χ1) is 15.7. The summed E-state index contributed by atoms with van der Waals surface area (Å²) in [6, 6.07) is 8.07. The molecular formula is C24H24ClFN6O. The maximum Gasteiger partial charge on any atom is 0.250 e. The number of likely N-dealkylation sites (N-methyl/N-ethyl adjacent to an activating group) is 2. The molecule has 4 aromatic rings. The third-order valence-electron chi connectivity index (χ3n) is 5.28. The number of imidazole rings is 1. The van der Waals surface area contributed by atoms with Crippen LogP contribution in [-0.2, 0) is 4.79 Å². The monoisotopic (exact) mass is 466 g/mol. The minimum atomic E-state index is -0.298. The molecule has 0 unspecified atom stereocenters. The number of anilines is 3. The van der Waals surface area contributed by atoms with E-state index in [1.165, 1.54) is 23.1 Å². The second-order valence-electron chi connectivity index (χ2n) is 8.05. The van der Waals surface area contributed by atoms with Crippen LogP contribution in [0.3, 0.4) is 0 Å². The maximum absolute atomic E-state index is 13.5. The molecule has 0 saturated carbocycles. The van der Waals surface area contributed by atoms with Crippen LogP contribution in [0.2, 0.25) is 5.02 Å². The van der Waals surface area contributed by atoms with E-state index in [0.717, 1.165) is 22.3 Å². The Bertz CT molecular complexity index is 1380. The molecule has 170 valence electrons. The summed E-state index contributed by atoms with van der Waals surface area (Å²) in [5.74, 6) is 0.0844. The minimum Gasteiger partial charge on any atom is -0.338 e. The predicted octanol–water partition coefficient (Wildman–Crippen LogP) is 4.81. The fourth-order valence-electron chi connectivity index (χ4n) is 3.50. The summed E-state index contributed by atoms with van der Waals surface area (Å²) < 4.78 is 15.4. The summed E-state index contributed by atoms with van der Waals surface area (Å²) in [4.78, 5) is 25.1. The van der Waals surface area contributed by atoms with Gasteiger partial charge < -0.3 is 15.1 Å². The molecule has 0 aliphatic carbocycles. The number of fused-ring (bicyclic) bond motifs is 3. The number of nitrogens with one attached hydrogen (secondary N) is 1. The third kappa shape index (κ3) is 4.67. The Balaban J connectivity index is 1.75. The number of aryl methyl sites for hydroxylation is 1. The smallest absolute Gasteiger partial charge is 0.250 e. The number of aromatic nitrogens is 3. The van der Waals surface area contributed by atoms with Gasteiger partial charge in [0.25, 0.3) is 0 Å². The van der Waals surface area contributed by atoms with Crippen molar-refractivity contribution in [1.29, 1.82) is 0 Å². The van der Waals surface area contributed by atoms with E-state index in [4.69, 9.17) is 16.6 Å². The van der Waals surface area contributed by atoms with Gasteiger partial charge in [0.2, 0.25) is 5.91 Å². The van der Waals surface area contributed by atoms with Crippen molar-refractivity contribution < 1.29 is 9.18 Å². The molecule has 2 heterocycles. The molecular weight excluding hydrogens is 443 g/mol. The van der Waals surface area contributed by atoms with Crippen LogP contribution in [0.15, 0.2) is 55.0 Å². The van der Waals surface area contributed by atoms with Gasteiger partial charge in [-0.05, 0) is 56.9 Å². The number of hydrogen-bond donors (Lipinski definition) is 1. The standard InChI is InChI=1S/C24H24ClFN6O/c1-15-10-16(26)7-8-18(15)28-24-22-13-27-14-32(22)21-12-20(17(25)11-19(21)29-24)31(4)23(33)6-5-9-30(2)3/h5-8,10-14H,9H2,1-4H3,(H,28,29). The largest absolute Gasteiger partial charge is 0.338 e. The molecule has 0 fully saturated rings. The number of carbonyl (C=O) groups is 1. The zero-order valence-corrected chi connectivity index (χ0v) is 19.6. The lowest BCUT2D eigenvalue weighted by Crippen LogP contribution is -2.25. The summed E-state index contributed by atoms with van der Waals surface area (Å²) in [5, 5.41) is 3.67. The van der Waals surface area contributed by atoms with E-state index in [1.807, 2.05) is 36.4 Å². The summed E-state index contributed by atoms with van der Waals surface area (Å²) in [6.07, 6.45) is 6.71. The van der Waals surface area contributed by atoms with E-state index < -0.39 is 0 Å². The zero-order chi connectivity index (χ0) is 23.7. The summed E-state index contributed by atoms with van der Waals surface area (Å²) in [5.41, 5.74) is 4.17. The molecule has 7 nitrogen and oxygen atoms in total. The second-order valence-corrected chi connectivity index (χ2v) is 8.45. The Labute approximate surface area is 196 Å². The lowest BCUT2D eigenvalue weighted by atomic mass is 10.2. The molecule has 0 radical (unpaired) electrons. The van der Waals surface area contributed by atoms with Crippen molar-refractivity contribution in [3.63, 3.8) is 0 Å². The van der Waals surface area contributed by atoms with Gasteiger partial charge in [-0.2, -0.15) is 0 Å². The van der Waals surface area contributed by atoms with E-state index in [1.54, 1.807) is 37.8 Å². The fourth-order valence-corrected chi connectivity index (χ4v) is 3.79. The van der Waals surface area contributed by atoms with Gasteiger partial charge in [0.05, 0.1) is 34.3 Å². The third-order valence-corrected chi connectivity index (χ3v) is 5.58. The highest BCUT2D eigenvalue weighted by molar-refractivity contribution is 6.34. The first-order valence-electron chi connectivity index (χ1n) is 10.3. The van der Waals surface area contributed by atoms with Gasteiger partial charge in [-0.15, -0.1) is 0 Å². The van der Waals surface area contributed by atoms with E-state index in [-0.39, 0.29) is 11.7 Å². The average Bonchev–Trinajstić information content (AvgIpc) is 3.25. The molecule has 0 aliphatic rings. The van der Waals surface area contributed by atoms with Crippen LogP contribution in [0.4, 0.5) is 21.6 Å². The topological polar surface area (TPSA) is 65.8 Å². The molecule has 4 rings (SSSR count). The minimum absolute atomic E-state index is 0.182. The second kappa shape index (κ2) is 9.17. The lowest BCUT2D eigenvalue weighted by molar-refractivity contribution is -0.113. The maximum atomic E-state index is 13.5. The number of amides is 1. The Hall–Kier alpha value is -3.49. The fraction of sp³-hybridized carbons (Fsp3) is 0.208. The summed E-state index contributed by atoms with van der Waals surface area (Å²) >= 11 is 6.55. The van der Waals surface area contributed by atoms with Crippen LogP contribution in [0, 0.1) is 12.7 Å². The van der Waals surface area contributed by atoms with Gasteiger partial charge in [0.1, 0.15) is 11.3 Å². The van der Waals surface area contributed by atoms with E-state index in [2.05, 4.69) is 10.3 Å². The van der Waals surface area contributed by atoms with Crippen LogP contribution in [-0.4, -0.2) is 52.9 Å². The number of halogens is 2. The van der Waals surface area contributed by atoms with Crippen molar-refractivity contribution in [1.82, 2.24) is 19.3 Å². The van der Waals surface area contributed by atoms with Crippen molar-refractivity contribution in [2.45, 2.75) is 6.92 Å². The van der Waals surface area contributed by atoms with Crippen LogP contribution in [0.5, 0.6) is 0 Å². The summed E-state index contributed by atoms with van der Waals surface area (Å²) in [6.45, 7) is 2.48. The highest BCUT2D eigenvalue weighted by atomic mass is 35.5. The van der Waals surface area contributed by atoms with Gasteiger partial charge in [-0.1, -0.05) is 17.7 Å². The van der Waals surface area contributed by atoms with Gasteiger partial charge in [-0.3, -0.25) is 9.20 Å². The molecule has 0 aliphatic heterocycles. The molecule has 0 spiro atoms. The Morgan fingerprint density at radius 3 is 2.73 bits per heavy atom. The molecule has 33 heavy (non-hydrogen) atoms. The first kappa shape index (κ1) is 22.7. The number of benzene rings is 2. The molecule has 0 atom stereocenters. The summed E-state index contributed by atoms with van der Waals surface area (Å²) in [7, 11) is 5.55. The first-order valence-corrected chi connectivity index (χ1v) is 10.7. The van der Waals surface area contributed by atoms with Gasteiger partial charge in [-0.25, -0.2) is 14.4 Å². The molecule has 1 N–H and O–H groups in total. The highest BCUT2D eigenvalue weighted by Gasteiger charge is 2.17. The van der Waals surface area contributed by atoms with Crippen LogP contribution in [0.1, 0.15) is 5.56 Å². The normalized spacial score (nSPS) is 11.7. The van der Waals surface area contributed by atoms with Gasteiger partial charge in [0, 0.05) is 25.4 Å². The molecule has 0 bridgehead atoms.